The average molecular weight is 428 g/mol. The van der Waals surface area contributed by atoms with E-state index in [1.54, 1.807) is 0 Å². The lowest BCUT2D eigenvalue weighted by molar-refractivity contribution is 0.0696. The number of carbonyl (C=O) groups is 1. The van der Waals surface area contributed by atoms with E-state index < -0.39 is 26.0 Å². The van der Waals surface area contributed by atoms with Gasteiger partial charge in [0.15, 0.2) is 0 Å². The number of hydrogen-bond acceptors (Lipinski definition) is 6. The van der Waals surface area contributed by atoms with Crippen molar-refractivity contribution in [1.82, 2.24) is 9.44 Å². The van der Waals surface area contributed by atoms with Gasteiger partial charge in [0.2, 0.25) is 20.0 Å². The Labute approximate surface area is 163 Å². The Morgan fingerprint density at radius 2 is 1.39 bits per heavy atom. The monoisotopic (exact) mass is 428 g/mol. The van der Waals surface area contributed by atoms with Gasteiger partial charge in [0.05, 0.1) is 22.0 Å². The molecule has 0 fully saturated rings. The number of methoxy groups -OCH3 is 1. The topological polar surface area (TPSA) is 139 Å². The van der Waals surface area contributed by atoms with Crippen LogP contribution in [0.25, 0.3) is 0 Å². The van der Waals surface area contributed by atoms with Crippen LogP contribution in [0.1, 0.15) is 15.9 Å². The standard InChI is InChI=1S/C17H20N2O7S2/c1-26-11-10-18-27(22,23)15-6-2-13(3-7-15)12-19-28(24,25)16-8-4-14(5-9-16)17(20)21/h2-9,18-19H,10-12H2,1H3,(H,20,21). The van der Waals surface area contributed by atoms with Crippen LogP contribution >= 0.6 is 0 Å². The predicted molar refractivity (Wildman–Crippen MR) is 101 cm³/mol. The molecule has 9 nitrogen and oxygen atoms in total. The molecule has 0 atom stereocenters. The highest BCUT2D eigenvalue weighted by atomic mass is 32.2. The van der Waals surface area contributed by atoms with Crippen LogP contribution in [0.2, 0.25) is 0 Å². The lowest BCUT2D eigenvalue weighted by atomic mass is 10.2. The second-order valence-electron chi connectivity index (χ2n) is 5.69. The van der Waals surface area contributed by atoms with Gasteiger partial charge in [-0.25, -0.2) is 31.1 Å². The second kappa shape index (κ2) is 9.26. The van der Waals surface area contributed by atoms with Crippen molar-refractivity contribution in [3.8, 4) is 0 Å². The molecule has 2 rings (SSSR count). The van der Waals surface area contributed by atoms with Gasteiger partial charge in [0, 0.05) is 20.2 Å². The first-order valence-electron chi connectivity index (χ1n) is 8.06. The quantitative estimate of drug-likeness (QED) is 0.475. The van der Waals surface area contributed by atoms with E-state index >= 15 is 0 Å². The normalized spacial score (nSPS) is 12.0. The van der Waals surface area contributed by atoms with E-state index in [-0.39, 0.29) is 35.1 Å². The third kappa shape index (κ3) is 5.84. The van der Waals surface area contributed by atoms with Crippen LogP contribution in [0.3, 0.4) is 0 Å². The van der Waals surface area contributed by atoms with Crippen molar-refractivity contribution in [2.75, 3.05) is 20.3 Å². The zero-order valence-electron chi connectivity index (χ0n) is 15.0. The number of ether oxygens (including phenoxy) is 1. The molecule has 2 aromatic carbocycles. The Bertz CT molecular complexity index is 1020. The molecule has 2 aromatic rings. The van der Waals surface area contributed by atoms with E-state index in [0.717, 1.165) is 0 Å². The Hall–Kier alpha value is -2.31. The van der Waals surface area contributed by atoms with Crippen molar-refractivity contribution < 1.29 is 31.5 Å². The van der Waals surface area contributed by atoms with Gasteiger partial charge in [-0.3, -0.25) is 0 Å². The number of hydrogen-bond donors (Lipinski definition) is 3. The van der Waals surface area contributed by atoms with Gasteiger partial charge in [-0.1, -0.05) is 12.1 Å². The summed E-state index contributed by atoms with van der Waals surface area (Å²) in [6, 6.07) is 10.6. The van der Waals surface area contributed by atoms with Gasteiger partial charge in [-0.2, -0.15) is 0 Å². The Morgan fingerprint density at radius 1 is 0.893 bits per heavy atom. The Balaban J connectivity index is 2.03. The molecule has 11 heteroatoms. The van der Waals surface area contributed by atoms with Crippen molar-refractivity contribution in [2.24, 2.45) is 0 Å². The third-order valence-corrected chi connectivity index (χ3v) is 6.60. The first-order valence-corrected chi connectivity index (χ1v) is 11.0. The van der Waals surface area contributed by atoms with E-state index in [2.05, 4.69) is 9.44 Å². The molecule has 0 aromatic heterocycles. The Kier molecular flexibility index (Phi) is 7.27. The van der Waals surface area contributed by atoms with E-state index in [9.17, 15) is 21.6 Å². The number of sulfonamides is 2. The summed E-state index contributed by atoms with van der Waals surface area (Å²) in [4.78, 5) is 10.8. The zero-order chi connectivity index (χ0) is 20.8. The van der Waals surface area contributed by atoms with Crippen molar-refractivity contribution in [3.63, 3.8) is 0 Å². The predicted octanol–water partition coefficient (Wildman–Crippen LogP) is 0.788. The van der Waals surface area contributed by atoms with Gasteiger partial charge in [-0.05, 0) is 42.0 Å². The minimum Gasteiger partial charge on any atom is -0.478 e. The first kappa shape index (κ1) is 22.0. The highest BCUT2D eigenvalue weighted by Crippen LogP contribution is 2.13. The number of carboxylic acids is 1. The fraction of sp³-hybridized carbons (Fsp3) is 0.235. The number of carboxylic acid groups (broad SMARTS) is 1. The maximum atomic E-state index is 12.3. The molecule has 0 bridgehead atoms. The van der Waals surface area contributed by atoms with Gasteiger partial charge < -0.3 is 9.84 Å². The van der Waals surface area contributed by atoms with Crippen molar-refractivity contribution in [3.05, 3.63) is 59.7 Å². The summed E-state index contributed by atoms with van der Waals surface area (Å²) in [5.74, 6) is -1.15. The number of nitrogens with one attached hydrogen (secondary N) is 2. The molecule has 0 spiro atoms. The summed E-state index contributed by atoms with van der Waals surface area (Å²) in [6.07, 6.45) is 0. The summed E-state index contributed by atoms with van der Waals surface area (Å²) < 4.78 is 58.3. The summed E-state index contributed by atoms with van der Waals surface area (Å²) in [5, 5.41) is 8.85. The number of aromatic carboxylic acids is 1. The molecule has 0 saturated heterocycles. The SMILES string of the molecule is COCCNS(=O)(=O)c1ccc(CNS(=O)(=O)c2ccc(C(=O)O)cc2)cc1. The van der Waals surface area contributed by atoms with Gasteiger partial charge in [0.25, 0.3) is 0 Å². The fourth-order valence-corrected chi connectivity index (χ4v) is 4.22. The zero-order valence-corrected chi connectivity index (χ0v) is 16.6. The minimum absolute atomic E-state index is 0.0187. The summed E-state index contributed by atoms with van der Waals surface area (Å²) in [7, 11) is -6.04. The second-order valence-corrected chi connectivity index (χ2v) is 9.22. The minimum atomic E-state index is -3.84. The molecule has 0 saturated carbocycles. The van der Waals surface area contributed by atoms with E-state index in [1.165, 1.54) is 55.6 Å². The molecule has 0 unspecified atom stereocenters. The molecular formula is C17H20N2O7S2. The van der Waals surface area contributed by atoms with Crippen molar-refractivity contribution in [2.45, 2.75) is 16.3 Å². The summed E-state index contributed by atoms with van der Waals surface area (Å²) >= 11 is 0. The van der Waals surface area contributed by atoms with Crippen LogP contribution in [0, 0.1) is 0 Å². The molecular weight excluding hydrogens is 408 g/mol. The average Bonchev–Trinajstić information content (AvgIpc) is 2.67. The van der Waals surface area contributed by atoms with E-state index in [1.807, 2.05) is 0 Å². The maximum Gasteiger partial charge on any atom is 0.335 e. The number of benzene rings is 2. The van der Waals surface area contributed by atoms with Gasteiger partial charge in [-0.15, -0.1) is 0 Å². The maximum absolute atomic E-state index is 12.3. The lowest BCUT2D eigenvalue weighted by Gasteiger charge is -2.09. The van der Waals surface area contributed by atoms with E-state index in [0.29, 0.717) is 5.56 Å². The molecule has 3 N–H and O–H groups in total. The number of rotatable bonds is 10. The molecule has 0 aliphatic heterocycles. The fourth-order valence-electron chi connectivity index (χ4n) is 2.19. The molecule has 0 heterocycles. The van der Waals surface area contributed by atoms with Gasteiger partial charge >= 0.3 is 5.97 Å². The lowest BCUT2D eigenvalue weighted by Crippen LogP contribution is -2.27. The van der Waals surface area contributed by atoms with Crippen LogP contribution in [0.4, 0.5) is 0 Å². The summed E-state index contributed by atoms with van der Waals surface area (Å²) in [5.41, 5.74) is 0.538. The van der Waals surface area contributed by atoms with Gasteiger partial charge in [0.1, 0.15) is 0 Å². The molecule has 0 aliphatic carbocycles. The third-order valence-electron chi connectivity index (χ3n) is 3.71. The van der Waals surface area contributed by atoms with Crippen LogP contribution in [-0.4, -0.2) is 48.2 Å². The molecule has 0 amide bonds. The van der Waals surface area contributed by atoms with Crippen LogP contribution < -0.4 is 9.44 Å². The molecule has 152 valence electrons. The molecule has 0 aliphatic rings. The first-order chi connectivity index (χ1) is 13.2. The molecule has 28 heavy (non-hydrogen) atoms. The highest BCUT2D eigenvalue weighted by Gasteiger charge is 2.16. The highest BCUT2D eigenvalue weighted by molar-refractivity contribution is 7.89. The molecule has 0 radical (unpaired) electrons. The summed E-state index contributed by atoms with van der Waals surface area (Å²) in [6.45, 7) is 0.327. The van der Waals surface area contributed by atoms with Crippen molar-refractivity contribution >= 4 is 26.0 Å². The van der Waals surface area contributed by atoms with E-state index in [4.69, 9.17) is 9.84 Å². The van der Waals surface area contributed by atoms with Crippen LogP contribution in [-0.2, 0) is 31.3 Å². The largest absolute Gasteiger partial charge is 0.478 e. The van der Waals surface area contributed by atoms with Crippen LogP contribution in [0.5, 0.6) is 0 Å². The van der Waals surface area contributed by atoms with Crippen molar-refractivity contribution in [1.29, 1.82) is 0 Å². The Morgan fingerprint density at radius 3 is 1.89 bits per heavy atom. The smallest absolute Gasteiger partial charge is 0.335 e. The van der Waals surface area contributed by atoms with Crippen LogP contribution in [0.15, 0.2) is 58.3 Å².